The number of carbonyl (C=O) groups excluding carboxylic acids is 1. The SMILES string of the molecule is Cc1c(C(=O)N2CCN(C)CC2)sc2ncnc(N3CCN(c4ccccc4)CC3)c12. The molecular formula is C23H28N6OS. The molecule has 31 heavy (non-hydrogen) atoms. The standard InChI is InChI=1S/C23H28N6OS/c1-17-19-21(28-14-12-27(13-15-28)18-6-4-3-5-7-18)24-16-25-22(19)31-20(17)23(30)29-10-8-26(2)9-11-29/h3-7,16H,8-15H2,1-2H3. The van der Waals surface area contributed by atoms with Gasteiger partial charge in [-0.2, -0.15) is 0 Å². The average molecular weight is 437 g/mol. The van der Waals surface area contributed by atoms with Gasteiger partial charge < -0.3 is 19.6 Å². The topological polar surface area (TPSA) is 55.8 Å². The highest BCUT2D eigenvalue weighted by Crippen LogP contribution is 2.36. The summed E-state index contributed by atoms with van der Waals surface area (Å²) in [4.78, 5) is 33.1. The predicted molar refractivity (Wildman–Crippen MR) is 126 cm³/mol. The van der Waals surface area contributed by atoms with Crippen molar-refractivity contribution in [2.45, 2.75) is 6.92 Å². The van der Waals surface area contributed by atoms with Crippen LogP contribution in [0.4, 0.5) is 11.5 Å². The smallest absolute Gasteiger partial charge is 0.264 e. The Kier molecular flexibility index (Phi) is 5.50. The first-order chi connectivity index (χ1) is 15.1. The van der Waals surface area contributed by atoms with Gasteiger partial charge in [-0.05, 0) is 31.7 Å². The number of aromatic nitrogens is 2. The third-order valence-corrected chi connectivity index (χ3v) is 7.58. The van der Waals surface area contributed by atoms with Crippen LogP contribution in [0.25, 0.3) is 10.2 Å². The van der Waals surface area contributed by atoms with E-state index in [-0.39, 0.29) is 5.91 Å². The van der Waals surface area contributed by atoms with Crippen LogP contribution in [0.3, 0.4) is 0 Å². The highest BCUT2D eigenvalue weighted by atomic mass is 32.1. The third kappa shape index (κ3) is 3.85. The van der Waals surface area contributed by atoms with Crippen molar-refractivity contribution in [2.24, 2.45) is 0 Å². The van der Waals surface area contributed by atoms with Gasteiger partial charge in [0.25, 0.3) is 5.91 Å². The lowest BCUT2D eigenvalue weighted by Crippen LogP contribution is -2.47. The van der Waals surface area contributed by atoms with E-state index in [1.807, 2.05) is 4.90 Å². The number of aryl methyl sites for hydroxylation is 1. The number of fused-ring (bicyclic) bond motifs is 1. The van der Waals surface area contributed by atoms with Crippen LogP contribution < -0.4 is 9.80 Å². The summed E-state index contributed by atoms with van der Waals surface area (Å²) in [6.07, 6.45) is 1.64. The van der Waals surface area contributed by atoms with Crippen LogP contribution in [0.5, 0.6) is 0 Å². The number of nitrogens with zero attached hydrogens (tertiary/aromatic N) is 6. The number of rotatable bonds is 3. The minimum atomic E-state index is 0.133. The summed E-state index contributed by atoms with van der Waals surface area (Å²) in [5.74, 6) is 1.09. The predicted octanol–water partition coefficient (Wildman–Crippen LogP) is 2.71. The molecule has 2 aromatic heterocycles. The van der Waals surface area contributed by atoms with E-state index in [2.05, 4.69) is 69.0 Å². The zero-order valence-corrected chi connectivity index (χ0v) is 18.9. The van der Waals surface area contributed by atoms with Crippen LogP contribution in [0.1, 0.15) is 15.2 Å². The maximum Gasteiger partial charge on any atom is 0.264 e. The second-order valence-electron chi connectivity index (χ2n) is 8.34. The van der Waals surface area contributed by atoms with Crippen molar-refractivity contribution in [1.82, 2.24) is 19.8 Å². The quantitative estimate of drug-likeness (QED) is 0.629. The maximum atomic E-state index is 13.2. The van der Waals surface area contributed by atoms with Crippen molar-refractivity contribution in [3.05, 3.63) is 47.1 Å². The van der Waals surface area contributed by atoms with Crippen LogP contribution in [-0.4, -0.2) is 85.1 Å². The van der Waals surface area contributed by atoms with Crippen molar-refractivity contribution in [2.75, 3.05) is 69.2 Å². The highest BCUT2D eigenvalue weighted by molar-refractivity contribution is 7.20. The van der Waals surface area contributed by atoms with Gasteiger partial charge in [-0.15, -0.1) is 11.3 Å². The van der Waals surface area contributed by atoms with E-state index in [4.69, 9.17) is 0 Å². The minimum absolute atomic E-state index is 0.133. The number of hydrogen-bond acceptors (Lipinski definition) is 7. The molecule has 0 aliphatic carbocycles. The van der Waals surface area contributed by atoms with Gasteiger partial charge in [-0.3, -0.25) is 4.79 Å². The molecule has 3 aromatic rings. The zero-order valence-electron chi connectivity index (χ0n) is 18.1. The minimum Gasteiger partial charge on any atom is -0.368 e. The fourth-order valence-electron chi connectivity index (χ4n) is 4.47. The fraction of sp³-hybridized carbons (Fsp3) is 0.435. The van der Waals surface area contributed by atoms with Gasteiger partial charge in [0.05, 0.1) is 10.3 Å². The lowest BCUT2D eigenvalue weighted by molar-refractivity contribution is 0.0668. The fourth-order valence-corrected chi connectivity index (χ4v) is 5.58. The van der Waals surface area contributed by atoms with Crippen LogP contribution in [-0.2, 0) is 0 Å². The molecule has 7 nitrogen and oxygen atoms in total. The summed E-state index contributed by atoms with van der Waals surface area (Å²) in [5, 5.41) is 1.04. The van der Waals surface area contributed by atoms with Crippen LogP contribution >= 0.6 is 11.3 Å². The van der Waals surface area contributed by atoms with E-state index >= 15 is 0 Å². The first-order valence-electron chi connectivity index (χ1n) is 10.9. The van der Waals surface area contributed by atoms with E-state index in [1.165, 1.54) is 17.0 Å². The molecule has 0 unspecified atom stereocenters. The maximum absolute atomic E-state index is 13.2. The lowest BCUT2D eigenvalue weighted by Gasteiger charge is -2.37. The van der Waals surface area contributed by atoms with Gasteiger partial charge in [0.2, 0.25) is 0 Å². The largest absolute Gasteiger partial charge is 0.368 e. The molecule has 162 valence electrons. The summed E-state index contributed by atoms with van der Waals surface area (Å²) in [5.41, 5.74) is 2.28. The van der Waals surface area contributed by atoms with Crippen LogP contribution in [0.2, 0.25) is 0 Å². The van der Waals surface area contributed by atoms with Gasteiger partial charge >= 0.3 is 0 Å². The number of amides is 1. The molecule has 1 amide bonds. The van der Waals surface area contributed by atoms with E-state index < -0.39 is 0 Å². The number of thiophene rings is 1. The number of benzene rings is 1. The van der Waals surface area contributed by atoms with Crippen molar-refractivity contribution >= 4 is 39.0 Å². The normalized spacial score (nSPS) is 18.1. The molecule has 0 radical (unpaired) electrons. The second-order valence-corrected chi connectivity index (χ2v) is 9.34. The summed E-state index contributed by atoms with van der Waals surface area (Å²) in [6.45, 7) is 9.16. The Labute approximate surface area is 186 Å². The molecule has 4 heterocycles. The molecule has 0 N–H and O–H groups in total. The number of piperazine rings is 2. The van der Waals surface area contributed by atoms with Crippen LogP contribution in [0, 0.1) is 6.92 Å². The Morgan fingerprint density at radius 3 is 2.29 bits per heavy atom. The molecule has 2 aliphatic rings. The Morgan fingerprint density at radius 1 is 0.903 bits per heavy atom. The monoisotopic (exact) mass is 436 g/mol. The second kappa shape index (κ2) is 8.43. The molecule has 5 rings (SSSR count). The molecule has 2 fully saturated rings. The van der Waals surface area contributed by atoms with Gasteiger partial charge in [-0.25, -0.2) is 9.97 Å². The van der Waals surface area contributed by atoms with Gasteiger partial charge in [0.1, 0.15) is 17.0 Å². The zero-order chi connectivity index (χ0) is 21.4. The Bertz CT molecular complexity index is 1070. The number of likely N-dealkylation sites (N-methyl/N-ethyl adjacent to an activating group) is 1. The van der Waals surface area contributed by atoms with Crippen molar-refractivity contribution in [3.63, 3.8) is 0 Å². The summed E-state index contributed by atoms with van der Waals surface area (Å²) < 4.78 is 0. The Balaban J connectivity index is 1.39. The molecule has 0 atom stereocenters. The molecule has 0 saturated carbocycles. The van der Waals surface area contributed by atoms with E-state index in [9.17, 15) is 4.79 Å². The Morgan fingerprint density at radius 2 is 1.58 bits per heavy atom. The summed E-state index contributed by atoms with van der Waals surface area (Å²) >= 11 is 1.51. The summed E-state index contributed by atoms with van der Waals surface area (Å²) in [7, 11) is 2.10. The molecular weight excluding hydrogens is 408 g/mol. The number of para-hydroxylation sites is 1. The van der Waals surface area contributed by atoms with E-state index in [0.29, 0.717) is 0 Å². The molecule has 2 saturated heterocycles. The van der Waals surface area contributed by atoms with Crippen molar-refractivity contribution in [3.8, 4) is 0 Å². The number of anilines is 2. The first-order valence-corrected chi connectivity index (χ1v) is 11.7. The molecule has 2 aliphatic heterocycles. The van der Waals surface area contributed by atoms with Gasteiger partial charge in [0, 0.05) is 58.0 Å². The first kappa shape index (κ1) is 20.2. The van der Waals surface area contributed by atoms with Crippen molar-refractivity contribution in [1.29, 1.82) is 0 Å². The van der Waals surface area contributed by atoms with Crippen LogP contribution in [0.15, 0.2) is 36.7 Å². The molecule has 0 spiro atoms. The van der Waals surface area contributed by atoms with E-state index in [0.717, 1.165) is 78.8 Å². The Hall–Kier alpha value is -2.71. The third-order valence-electron chi connectivity index (χ3n) is 6.39. The van der Waals surface area contributed by atoms with Gasteiger partial charge in [-0.1, -0.05) is 18.2 Å². The molecule has 0 bridgehead atoms. The molecule has 1 aromatic carbocycles. The van der Waals surface area contributed by atoms with E-state index in [1.54, 1.807) is 6.33 Å². The molecule has 8 heteroatoms. The number of carbonyl (C=O) groups is 1. The highest BCUT2D eigenvalue weighted by Gasteiger charge is 2.27. The van der Waals surface area contributed by atoms with Gasteiger partial charge in [0.15, 0.2) is 0 Å². The van der Waals surface area contributed by atoms with Crippen molar-refractivity contribution < 1.29 is 4.79 Å². The summed E-state index contributed by atoms with van der Waals surface area (Å²) in [6, 6.07) is 10.6. The number of hydrogen-bond donors (Lipinski definition) is 0. The lowest BCUT2D eigenvalue weighted by atomic mass is 10.1. The average Bonchev–Trinajstić information content (AvgIpc) is 3.16.